The third kappa shape index (κ3) is 5.36. The van der Waals surface area contributed by atoms with Crippen LogP contribution < -0.4 is 5.43 Å². The monoisotopic (exact) mass is 413 g/mol. The van der Waals surface area contributed by atoms with Crippen molar-refractivity contribution in [1.82, 2.24) is 10.4 Å². The molecule has 0 aromatic heterocycles. The predicted octanol–water partition coefficient (Wildman–Crippen LogP) is 3.13. The number of hydrogen-bond donors (Lipinski definition) is 1. The Kier molecular flexibility index (Phi) is 6.38. The second kappa shape index (κ2) is 9.71. The van der Waals surface area contributed by atoms with Crippen LogP contribution in [0.1, 0.15) is 16.7 Å². The lowest BCUT2D eigenvalue weighted by Gasteiger charge is -2.32. The standard InChI is InChI=1S/C25H23N3O3/c29-23(31-18-20-12-6-2-7-13-20)17-28-25(30)22(16-19-10-4-1-5-11-19)26-24(27-28)21-14-8-3-9-15-21/h1-15,22H,16-18H2,(H,26,27). The Bertz CT molecular complexity index is 1050. The highest BCUT2D eigenvalue weighted by Crippen LogP contribution is 2.15. The Labute approximate surface area is 181 Å². The van der Waals surface area contributed by atoms with Crippen molar-refractivity contribution >= 4 is 17.7 Å². The predicted molar refractivity (Wildman–Crippen MR) is 118 cm³/mol. The average Bonchev–Trinajstić information content (AvgIpc) is 2.82. The highest BCUT2D eigenvalue weighted by atomic mass is 16.5. The van der Waals surface area contributed by atoms with Crippen molar-refractivity contribution in [3.05, 3.63) is 108 Å². The number of ether oxygens (including phenoxy) is 1. The number of aliphatic imine (C=N–C) groups is 1. The molecule has 3 aromatic rings. The Morgan fingerprint density at radius 2 is 1.45 bits per heavy atom. The number of amidine groups is 1. The summed E-state index contributed by atoms with van der Waals surface area (Å²) in [5.74, 6) is -0.199. The summed E-state index contributed by atoms with van der Waals surface area (Å²) in [5.41, 5.74) is 5.74. The molecule has 0 bridgehead atoms. The third-order valence-corrected chi connectivity index (χ3v) is 4.93. The molecule has 0 aliphatic carbocycles. The minimum atomic E-state index is -0.624. The van der Waals surface area contributed by atoms with Crippen LogP contribution in [-0.2, 0) is 27.4 Å². The van der Waals surface area contributed by atoms with E-state index in [0.717, 1.165) is 16.7 Å². The molecule has 0 saturated heterocycles. The normalized spacial score (nSPS) is 15.7. The number of hydrogen-bond acceptors (Lipinski definition) is 5. The summed E-state index contributed by atoms with van der Waals surface area (Å²) in [6, 6.07) is 28.1. The molecule has 1 unspecified atom stereocenters. The van der Waals surface area contributed by atoms with Gasteiger partial charge in [0.05, 0.1) is 0 Å². The fourth-order valence-electron chi connectivity index (χ4n) is 3.34. The van der Waals surface area contributed by atoms with Crippen LogP contribution in [0.3, 0.4) is 0 Å². The van der Waals surface area contributed by atoms with E-state index in [1.807, 2.05) is 91.0 Å². The van der Waals surface area contributed by atoms with Crippen molar-refractivity contribution < 1.29 is 14.3 Å². The molecule has 4 rings (SSSR count). The first-order valence-electron chi connectivity index (χ1n) is 10.1. The largest absolute Gasteiger partial charge is 0.459 e. The van der Waals surface area contributed by atoms with Crippen LogP contribution in [0.4, 0.5) is 0 Å². The van der Waals surface area contributed by atoms with Gasteiger partial charge in [-0.2, -0.15) is 0 Å². The van der Waals surface area contributed by atoms with Gasteiger partial charge in [-0.05, 0) is 11.1 Å². The second-order valence-electron chi connectivity index (χ2n) is 7.23. The van der Waals surface area contributed by atoms with Crippen LogP contribution in [0.15, 0.2) is 96.0 Å². The third-order valence-electron chi connectivity index (χ3n) is 4.93. The lowest BCUT2D eigenvalue weighted by molar-refractivity contribution is -0.152. The first-order chi connectivity index (χ1) is 15.2. The average molecular weight is 413 g/mol. The number of esters is 1. The lowest BCUT2D eigenvalue weighted by atomic mass is 10.0. The van der Waals surface area contributed by atoms with Crippen LogP contribution in [0, 0.1) is 0 Å². The van der Waals surface area contributed by atoms with Crippen molar-refractivity contribution in [3.8, 4) is 0 Å². The summed E-state index contributed by atoms with van der Waals surface area (Å²) in [4.78, 5) is 30.1. The van der Waals surface area contributed by atoms with E-state index in [9.17, 15) is 9.59 Å². The molecular weight excluding hydrogens is 390 g/mol. The Hall–Kier alpha value is -3.93. The molecule has 6 nitrogen and oxygen atoms in total. The molecule has 0 fully saturated rings. The van der Waals surface area contributed by atoms with Gasteiger partial charge in [0.1, 0.15) is 25.0 Å². The number of carbonyl (C=O) groups excluding carboxylic acids is 2. The summed E-state index contributed by atoms with van der Waals surface area (Å²) in [7, 11) is 0. The Morgan fingerprint density at radius 1 is 0.871 bits per heavy atom. The number of rotatable bonds is 7. The minimum absolute atomic E-state index is 0.161. The molecule has 1 aliphatic rings. The van der Waals surface area contributed by atoms with E-state index in [1.165, 1.54) is 5.01 Å². The first-order valence-corrected chi connectivity index (χ1v) is 10.1. The smallest absolute Gasteiger partial charge is 0.328 e. The van der Waals surface area contributed by atoms with E-state index in [-0.39, 0.29) is 19.1 Å². The van der Waals surface area contributed by atoms with E-state index in [2.05, 4.69) is 10.4 Å². The fraction of sp³-hybridized carbons (Fsp3) is 0.160. The molecule has 1 amide bonds. The van der Waals surface area contributed by atoms with Gasteiger partial charge in [0.15, 0.2) is 0 Å². The van der Waals surface area contributed by atoms with Crippen LogP contribution in [0.25, 0.3) is 0 Å². The van der Waals surface area contributed by atoms with E-state index >= 15 is 0 Å². The molecule has 0 spiro atoms. The van der Waals surface area contributed by atoms with Crippen LogP contribution in [0.2, 0.25) is 0 Å². The SMILES string of the molecule is O=C(CN1NC(c2ccccc2)=NC(Cc2ccccc2)C1=O)OCc1ccccc1. The van der Waals surface area contributed by atoms with Gasteiger partial charge in [0.25, 0.3) is 5.91 Å². The van der Waals surface area contributed by atoms with Gasteiger partial charge in [-0.25, -0.2) is 5.01 Å². The summed E-state index contributed by atoms with van der Waals surface area (Å²) in [6.07, 6.45) is 0.452. The van der Waals surface area contributed by atoms with Gasteiger partial charge in [-0.3, -0.25) is 20.0 Å². The van der Waals surface area contributed by atoms with Crippen LogP contribution >= 0.6 is 0 Å². The number of nitrogens with zero attached hydrogens (tertiary/aromatic N) is 2. The van der Waals surface area contributed by atoms with Crippen molar-refractivity contribution in [2.24, 2.45) is 4.99 Å². The topological polar surface area (TPSA) is 71.0 Å². The molecule has 1 heterocycles. The summed E-state index contributed by atoms with van der Waals surface area (Å²) >= 11 is 0. The van der Waals surface area contributed by atoms with Crippen LogP contribution in [0.5, 0.6) is 0 Å². The molecule has 156 valence electrons. The van der Waals surface area contributed by atoms with Gasteiger partial charge in [0.2, 0.25) is 0 Å². The number of nitrogens with one attached hydrogen (secondary N) is 1. The van der Waals surface area contributed by atoms with Crippen LogP contribution in [-0.4, -0.2) is 35.3 Å². The zero-order valence-electron chi connectivity index (χ0n) is 17.0. The number of amides is 1. The fourth-order valence-corrected chi connectivity index (χ4v) is 3.34. The Morgan fingerprint density at radius 3 is 2.10 bits per heavy atom. The minimum Gasteiger partial charge on any atom is -0.459 e. The van der Waals surface area contributed by atoms with Gasteiger partial charge in [-0.15, -0.1) is 0 Å². The summed E-state index contributed by atoms with van der Waals surface area (Å²) in [6.45, 7) is -0.0441. The molecule has 0 saturated carbocycles. The quantitative estimate of drug-likeness (QED) is 0.604. The first kappa shape index (κ1) is 20.3. The van der Waals surface area contributed by atoms with Gasteiger partial charge < -0.3 is 4.74 Å². The number of hydrazine groups is 1. The van der Waals surface area contributed by atoms with Crippen molar-refractivity contribution in [1.29, 1.82) is 0 Å². The van der Waals surface area contributed by atoms with E-state index in [1.54, 1.807) is 0 Å². The molecule has 1 aliphatic heterocycles. The summed E-state index contributed by atoms with van der Waals surface area (Å²) in [5, 5.41) is 1.30. The zero-order valence-corrected chi connectivity index (χ0v) is 17.0. The van der Waals surface area contributed by atoms with Crippen molar-refractivity contribution in [2.75, 3.05) is 6.54 Å². The second-order valence-corrected chi connectivity index (χ2v) is 7.23. The van der Waals surface area contributed by atoms with E-state index in [0.29, 0.717) is 12.3 Å². The van der Waals surface area contributed by atoms with E-state index < -0.39 is 12.0 Å². The highest BCUT2D eigenvalue weighted by Gasteiger charge is 2.32. The molecule has 6 heteroatoms. The lowest BCUT2D eigenvalue weighted by Crippen LogP contribution is -2.56. The van der Waals surface area contributed by atoms with Crippen molar-refractivity contribution in [3.63, 3.8) is 0 Å². The maximum absolute atomic E-state index is 13.1. The molecule has 0 radical (unpaired) electrons. The molecule has 3 aromatic carbocycles. The zero-order chi connectivity index (χ0) is 21.5. The number of carbonyl (C=O) groups is 2. The molecule has 1 N–H and O–H groups in total. The van der Waals surface area contributed by atoms with Gasteiger partial charge in [-0.1, -0.05) is 91.0 Å². The van der Waals surface area contributed by atoms with Gasteiger partial charge >= 0.3 is 5.97 Å². The number of benzene rings is 3. The maximum Gasteiger partial charge on any atom is 0.328 e. The van der Waals surface area contributed by atoms with Crippen molar-refractivity contribution in [2.45, 2.75) is 19.1 Å². The Balaban J connectivity index is 1.49. The summed E-state index contributed by atoms with van der Waals surface area (Å²) < 4.78 is 5.36. The highest BCUT2D eigenvalue weighted by molar-refractivity contribution is 6.04. The maximum atomic E-state index is 13.1. The molecule has 31 heavy (non-hydrogen) atoms. The van der Waals surface area contributed by atoms with E-state index in [4.69, 9.17) is 4.74 Å². The molecule has 1 atom stereocenters. The van der Waals surface area contributed by atoms with Gasteiger partial charge in [0, 0.05) is 12.0 Å². The molecular formula is C25H23N3O3.